The lowest BCUT2D eigenvalue weighted by Crippen LogP contribution is -2.31. The third-order valence-electron chi connectivity index (χ3n) is 7.75. The van der Waals surface area contributed by atoms with Crippen LogP contribution >= 0.6 is 0 Å². The summed E-state index contributed by atoms with van der Waals surface area (Å²) in [5.74, 6) is -5.17. The number of phenols is 8. The lowest BCUT2D eigenvalue weighted by Gasteiger charge is -2.37. The van der Waals surface area contributed by atoms with E-state index in [1.54, 1.807) is 12.2 Å². The Morgan fingerprint density at radius 2 is 1.26 bits per heavy atom. The third-order valence-corrected chi connectivity index (χ3v) is 7.75. The molecule has 0 aromatic heterocycles. The summed E-state index contributed by atoms with van der Waals surface area (Å²) in [4.78, 5) is 14.2. The number of phenolic OH excluding ortho intramolecular Hbond substituents is 8. The average Bonchev–Trinajstić information content (AvgIpc) is 2.91. The molecule has 0 aliphatic heterocycles. The first-order valence-electron chi connectivity index (χ1n) is 13.4. The van der Waals surface area contributed by atoms with Gasteiger partial charge in [-0.25, -0.2) is 0 Å². The second-order valence-corrected chi connectivity index (χ2v) is 10.7. The van der Waals surface area contributed by atoms with Gasteiger partial charge in [-0.15, -0.1) is 0 Å². The maximum Gasteiger partial charge on any atom is 0.171 e. The maximum absolute atomic E-state index is 14.2. The Morgan fingerprint density at radius 3 is 1.86 bits per heavy atom. The first kappa shape index (κ1) is 28.9. The number of carbonyl (C=O) groups excluding carboxylic acids is 1. The number of aromatic hydroxyl groups is 8. The molecule has 0 heterocycles. The van der Waals surface area contributed by atoms with E-state index in [1.165, 1.54) is 66.7 Å². The number of carbonyl (C=O) groups is 1. The van der Waals surface area contributed by atoms with Crippen molar-refractivity contribution in [1.82, 2.24) is 0 Å². The Bertz CT molecular complexity index is 1760. The Kier molecular flexibility index (Phi) is 7.65. The monoisotopic (exact) mass is 582 g/mol. The molecule has 8 N–H and O–H groups in total. The van der Waals surface area contributed by atoms with Gasteiger partial charge in [0.1, 0.15) is 46.0 Å². The first-order chi connectivity index (χ1) is 20.4. The van der Waals surface area contributed by atoms with Crippen LogP contribution in [-0.2, 0) is 0 Å². The fourth-order valence-corrected chi connectivity index (χ4v) is 5.81. The largest absolute Gasteiger partial charge is 0.508 e. The van der Waals surface area contributed by atoms with Crippen molar-refractivity contribution in [1.29, 1.82) is 0 Å². The molecule has 0 bridgehead atoms. The molecular formula is C34H30O9. The number of Topliss-reactive ketones (excluding diaryl/α,β-unsaturated/α-hetero) is 1. The summed E-state index contributed by atoms with van der Waals surface area (Å²) in [7, 11) is 0. The van der Waals surface area contributed by atoms with Crippen molar-refractivity contribution >= 4 is 17.9 Å². The second kappa shape index (κ2) is 11.4. The maximum atomic E-state index is 14.2. The van der Waals surface area contributed by atoms with E-state index in [4.69, 9.17) is 0 Å². The molecule has 43 heavy (non-hydrogen) atoms. The van der Waals surface area contributed by atoms with Crippen LogP contribution < -0.4 is 0 Å². The van der Waals surface area contributed by atoms with Crippen LogP contribution in [0.1, 0.15) is 57.8 Å². The van der Waals surface area contributed by atoms with Gasteiger partial charge in [0.15, 0.2) is 5.78 Å². The van der Waals surface area contributed by atoms with Gasteiger partial charge in [0, 0.05) is 47.1 Å². The highest BCUT2D eigenvalue weighted by Crippen LogP contribution is 2.52. The molecule has 3 unspecified atom stereocenters. The topological polar surface area (TPSA) is 179 Å². The van der Waals surface area contributed by atoms with Gasteiger partial charge < -0.3 is 40.9 Å². The Balaban J connectivity index is 1.62. The highest BCUT2D eigenvalue weighted by atomic mass is 16.3. The third kappa shape index (κ3) is 5.78. The van der Waals surface area contributed by atoms with E-state index in [1.807, 2.05) is 6.92 Å². The Hall–Kier alpha value is -5.57. The fraction of sp³-hybridized carbons (Fsp3) is 0.147. The van der Waals surface area contributed by atoms with Crippen molar-refractivity contribution < 1.29 is 45.6 Å². The molecule has 0 saturated heterocycles. The van der Waals surface area contributed by atoms with E-state index in [-0.39, 0.29) is 51.4 Å². The molecule has 4 aromatic rings. The van der Waals surface area contributed by atoms with Crippen molar-refractivity contribution in [3.63, 3.8) is 0 Å². The average molecular weight is 583 g/mol. The first-order valence-corrected chi connectivity index (χ1v) is 13.4. The Labute approximate surface area is 246 Å². The highest BCUT2D eigenvalue weighted by molar-refractivity contribution is 6.02. The molecular weight excluding hydrogens is 552 g/mol. The highest BCUT2D eigenvalue weighted by Gasteiger charge is 2.43. The van der Waals surface area contributed by atoms with Gasteiger partial charge in [-0.05, 0) is 66.9 Å². The number of allylic oxidation sites excluding steroid dienone is 2. The van der Waals surface area contributed by atoms with Gasteiger partial charge >= 0.3 is 0 Å². The molecule has 220 valence electrons. The van der Waals surface area contributed by atoms with Gasteiger partial charge in [0.25, 0.3) is 0 Å². The van der Waals surface area contributed by atoms with Gasteiger partial charge in [-0.3, -0.25) is 4.79 Å². The van der Waals surface area contributed by atoms with E-state index in [2.05, 4.69) is 0 Å². The number of ketones is 1. The van der Waals surface area contributed by atoms with Crippen LogP contribution in [0.2, 0.25) is 0 Å². The lowest BCUT2D eigenvalue weighted by atomic mass is 9.65. The summed E-state index contributed by atoms with van der Waals surface area (Å²) < 4.78 is 0. The van der Waals surface area contributed by atoms with E-state index in [0.717, 1.165) is 11.6 Å². The predicted octanol–water partition coefficient (Wildman–Crippen LogP) is 6.22. The fourth-order valence-electron chi connectivity index (χ4n) is 5.81. The van der Waals surface area contributed by atoms with Crippen LogP contribution in [0.3, 0.4) is 0 Å². The number of rotatable bonds is 6. The molecule has 1 aliphatic rings. The summed E-state index contributed by atoms with van der Waals surface area (Å²) in [5, 5.41) is 83.1. The molecule has 0 fully saturated rings. The van der Waals surface area contributed by atoms with Crippen LogP contribution in [0.25, 0.3) is 12.2 Å². The zero-order valence-electron chi connectivity index (χ0n) is 23.0. The minimum Gasteiger partial charge on any atom is -0.508 e. The van der Waals surface area contributed by atoms with E-state index < -0.39 is 29.3 Å². The molecule has 1 aliphatic carbocycles. The van der Waals surface area contributed by atoms with Crippen molar-refractivity contribution in [2.45, 2.75) is 25.2 Å². The quantitative estimate of drug-likeness (QED) is 0.0744. The standard InChI is InChI=1S/C34H30O9/c1-17-10-25(23-8-6-21(36)15-28(23)39)32(34(43)24-9-7-22(37)16-29(24)40)26(11-17)33-30(41)12-18(13-31(33)42)2-3-19-4-5-20(35)14-27(19)38/h2-9,11-16,25-26,32,35-42H,10H2,1H3/b3-2+. The summed E-state index contributed by atoms with van der Waals surface area (Å²) in [6.07, 6.45) is 5.16. The zero-order chi connectivity index (χ0) is 31.0. The Morgan fingerprint density at radius 1 is 0.674 bits per heavy atom. The van der Waals surface area contributed by atoms with Crippen molar-refractivity contribution in [2.75, 3.05) is 0 Å². The molecule has 0 amide bonds. The zero-order valence-corrected chi connectivity index (χ0v) is 23.0. The van der Waals surface area contributed by atoms with Crippen molar-refractivity contribution in [3.05, 3.63) is 106 Å². The van der Waals surface area contributed by atoms with Crippen LogP contribution in [0.4, 0.5) is 0 Å². The summed E-state index contributed by atoms with van der Waals surface area (Å²) in [6, 6.07) is 14.5. The van der Waals surface area contributed by atoms with Crippen molar-refractivity contribution in [3.8, 4) is 46.0 Å². The van der Waals surface area contributed by atoms with E-state index in [9.17, 15) is 45.6 Å². The second-order valence-electron chi connectivity index (χ2n) is 10.7. The summed E-state index contributed by atoms with van der Waals surface area (Å²) in [6.45, 7) is 1.82. The van der Waals surface area contributed by atoms with Crippen LogP contribution in [0.15, 0.2) is 78.4 Å². The normalized spacial score (nSPS) is 18.4. The lowest BCUT2D eigenvalue weighted by molar-refractivity contribution is 0.0876. The van der Waals surface area contributed by atoms with Gasteiger partial charge in [0.2, 0.25) is 0 Å². The minimum atomic E-state index is -1.04. The smallest absolute Gasteiger partial charge is 0.171 e. The van der Waals surface area contributed by atoms with Crippen molar-refractivity contribution in [2.24, 2.45) is 5.92 Å². The van der Waals surface area contributed by atoms with Crippen LogP contribution in [-0.4, -0.2) is 46.6 Å². The summed E-state index contributed by atoms with van der Waals surface area (Å²) >= 11 is 0. The number of hydrogen-bond acceptors (Lipinski definition) is 9. The van der Waals surface area contributed by atoms with E-state index >= 15 is 0 Å². The minimum absolute atomic E-state index is 0.0589. The summed E-state index contributed by atoms with van der Waals surface area (Å²) in [5.41, 5.74) is 1.92. The molecule has 3 atom stereocenters. The SMILES string of the molecule is CC1=CC(c2c(O)cc(/C=C/c3ccc(O)cc3O)cc2O)C(C(=O)c2ccc(O)cc2O)C(c2ccc(O)cc2O)C1. The molecule has 0 saturated carbocycles. The predicted molar refractivity (Wildman–Crippen MR) is 160 cm³/mol. The molecule has 9 nitrogen and oxygen atoms in total. The van der Waals surface area contributed by atoms with Gasteiger partial charge in [0.05, 0.1) is 5.56 Å². The molecule has 9 heteroatoms. The molecule has 5 rings (SSSR count). The van der Waals surface area contributed by atoms with Crippen LogP contribution in [0.5, 0.6) is 46.0 Å². The molecule has 4 aromatic carbocycles. The van der Waals surface area contributed by atoms with Gasteiger partial charge in [-0.1, -0.05) is 29.9 Å². The van der Waals surface area contributed by atoms with Crippen LogP contribution in [0, 0.1) is 5.92 Å². The number of benzene rings is 4. The molecule has 0 spiro atoms. The van der Waals surface area contributed by atoms with Gasteiger partial charge in [-0.2, -0.15) is 0 Å². The molecule has 0 radical (unpaired) electrons. The number of hydrogen-bond donors (Lipinski definition) is 8. The van der Waals surface area contributed by atoms with E-state index in [0.29, 0.717) is 23.1 Å².